The molecule has 1 heterocycles. The summed E-state index contributed by atoms with van der Waals surface area (Å²) in [5.41, 5.74) is 3.84. The monoisotopic (exact) mass is 791 g/mol. The Labute approximate surface area is 324 Å². The van der Waals surface area contributed by atoms with Crippen LogP contribution < -0.4 is 31.1 Å². The van der Waals surface area contributed by atoms with Gasteiger partial charge in [0.25, 0.3) is 16.5 Å². The van der Waals surface area contributed by atoms with Gasteiger partial charge in [-0.2, -0.15) is 0 Å². The van der Waals surface area contributed by atoms with Crippen LogP contribution in [0.1, 0.15) is 20.3 Å². The zero-order chi connectivity index (χ0) is 36.2. The third-order valence-corrected chi connectivity index (χ3v) is 17.7. The Kier molecular flexibility index (Phi) is 12.9. The number of hydrogen-bond donors (Lipinski definition) is 0. The van der Waals surface area contributed by atoms with Gasteiger partial charge in [0.2, 0.25) is 0 Å². The molecule has 0 saturated carbocycles. The summed E-state index contributed by atoms with van der Waals surface area (Å²) in [4.78, 5) is 5.28. The maximum atomic E-state index is 5.77. The van der Waals surface area contributed by atoms with Crippen LogP contribution in [0.15, 0.2) is 208 Å². The summed E-state index contributed by atoms with van der Waals surface area (Å²) >= 11 is 0.194. The van der Waals surface area contributed by atoms with Crippen LogP contribution in [-0.4, -0.2) is 33.6 Å². The van der Waals surface area contributed by atoms with Crippen LogP contribution in [0.4, 0.5) is 0 Å². The summed E-state index contributed by atoms with van der Waals surface area (Å²) < 4.78 is 11.5. The minimum atomic E-state index is -2.82. The Hall–Kier alpha value is -4.40. The summed E-state index contributed by atoms with van der Waals surface area (Å²) in [6.45, 7) is 4.26. The number of hydrogen-bond acceptors (Lipinski definition) is 3. The normalized spacial score (nSPS) is 13.5. The summed E-state index contributed by atoms with van der Waals surface area (Å²) in [7, 11) is 3.89. The molecule has 0 aliphatic carbocycles. The predicted molar refractivity (Wildman–Crippen MR) is 226 cm³/mol. The van der Waals surface area contributed by atoms with E-state index >= 15 is 0 Å². The summed E-state index contributed by atoms with van der Waals surface area (Å²) in [6.07, 6.45) is 2.95. The molecule has 0 N–H and O–H groups in total. The first-order valence-corrected chi connectivity index (χ1v) is 24.1. The van der Waals surface area contributed by atoms with Crippen LogP contribution in [0.3, 0.4) is 0 Å². The van der Waals surface area contributed by atoms with Crippen LogP contribution >= 0.6 is 20.2 Å². The Bertz CT molecular complexity index is 1970. The molecule has 0 unspecified atom stereocenters. The molecule has 6 aromatic rings. The number of benzene rings is 6. The summed E-state index contributed by atoms with van der Waals surface area (Å²) in [5.74, 6) is 0. The van der Waals surface area contributed by atoms with E-state index in [1.54, 1.807) is 0 Å². The van der Waals surface area contributed by atoms with Gasteiger partial charge in [0, 0.05) is 17.8 Å². The number of rotatable bonds is 10. The molecule has 1 aliphatic heterocycles. The average molecular weight is 793 g/mol. The SMILES string of the molecule is C/C(=N\[Si](c1ccccc1)(c1ccccc1)c1ccccc1)C1=CCC(/C(C)=N/[Si](c2ccccc2)(c2ccccc2)c2ccccc2)=N1.[Cl][Fe][Cl]. The Morgan fingerprint density at radius 2 is 0.712 bits per heavy atom. The predicted octanol–water partition coefficient (Wildman–Crippen LogP) is 7.35. The average Bonchev–Trinajstić information content (AvgIpc) is 3.73. The van der Waals surface area contributed by atoms with E-state index in [9.17, 15) is 0 Å². The molecule has 0 spiro atoms. The molecule has 0 atom stereocenters. The summed E-state index contributed by atoms with van der Waals surface area (Å²) in [6, 6.07) is 64.8. The topological polar surface area (TPSA) is 37.1 Å². The number of allylic oxidation sites excluding steroid dienone is 2. The van der Waals surface area contributed by atoms with Crippen molar-refractivity contribution in [1.82, 2.24) is 0 Å². The van der Waals surface area contributed by atoms with Gasteiger partial charge < -0.3 is 9.32 Å². The van der Waals surface area contributed by atoms with Crippen molar-refractivity contribution < 1.29 is 13.1 Å². The van der Waals surface area contributed by atoms with E-state index < -0.39 is 16.5 Å². The second kappa shape index (κ2) is 17.9. The second-order valence-electron chi connectivity index (χ2n) is 12.4. The van der Waals surface area contributed by atoms with Gasteiger partial charge in [0.1, 0.15) is 0 Å². The van der Waals surface area contributed by atoms with Crippen LogP contribution in [-0.2, 0) is 13.1 Å². The fourth-order valence-electron chi connectivity index (χ4n) is 6.98. The Morgan fingerprint density at radius 3 is 0.981 bits per heavy atom. The van der Waals surface area contributed by atoms with Gasteiger partial charge in [-0.1, -0.05) is 188 Å². The van der Waals surface area contributed by atoms with Gasteiger partial charge in [0.05, 0.1) is 11.4 Å². The van der Waals surface area contributed by atoms with Crippen LogP contribution in [0.2, 0.25) is 0 Å². The third-order valence-electron chi connectivity index (χ3n) is 9.35. The molecule has 3 nitrogen and oxygen atoms in total. The van der Waals surface area contributed by atoms with Gasteiger partial charge in [-0.15, -0.1) is 0 Å². The quantitative estimate of drug-likeness (QED) is 0.0792. The zero-order valence-electron chi connectivity index (χ0n) is 29.1. The number of aliphatic imine (C=N–C) groups is 1. The van der Waals surface area contributed by atoms with Gasteiger partial charge in [-0.3, -0.25) is 0 Å². The van der Waals surface area contributed by atoms with E-state index in [4.69, 9.17) is 34.5 Å². The Morgan fingerprint density at radius 1 is 0.462 bits per heavy atom. The second-order valence-corrected chi connectivity index (χ2v) is 21.0. The molecule has 52 heavy (non-hydrogen) atoms. The summed E-state index contributed by atoms with van der Waals surface area (Å²) in [5, 5.41) is 7.49. The molecule has 6 aromatic carbocycles. The fraction of sp³-hybridized carbons (Fsp3) is 0.0682. The first-order chi connectivity index (χ1) is 25.5. The Balaban J connectivity index is 0.00000150. The molecule has 0 aromatic heterocycles. The van der Waals surface area contributed by atoms with Crippen molar-refractivity contribution in [2.75, 3.05) is 0 Å². The van der Waals surface area contributed by atoms with E-state index in [0.29, 0.717) is 0 Å². The fourth-order valence-corrected chi connectivity index (χ4v) is 15.0. The molecule has 1 aliphatic rings. The molecular weight excluding hydrogens is 753 g/mol. The number of nitrogens with zero attached hydrogens (tertiary/aromatic N) is 3. The molecular formula is C44H39Cl2FeN3Si2. The molecule has 0 amide bonds. The van der Waals surface area contributed by atoms with Crippen molar-refractivity contribution in [3.8, 4) is 0 Å². The van der Waals surface area contributed by atoms with Crippen molar-refractivity contribution in [1.29, 1.82) is 0 Å². The molecule has 7 rings (SSSR count). The van der Waals surface area contributed by atoms with Gasteiger partial charge in [-0.25, -0.2) is 4.99 Å². The van der Waals surface area contributed by atoms with Crippen molar-refractivity contribution in [3.05, 3.63) is 194 Å². The maximum absolute atomic E-state index is 5.77. The minimum absolute atomic E-state index is 0.194. The van der Waals surface area contributed by atoms with Gasteiger partial charge >= 0.3 is 33.3 Å². The molecule has 8 heteroatoms. The van der Waals surface area contributed by atoms with Crippen LogP contribution in [0.25, 0.3) is 0 Å². The van der Waals surface area contributed by atoms with Crippen molar-refractivity contribution in [3.63, 3.8) is 0 Å². The van der Waals surface area contributed by atoms with Gasteiger partial charge in [-0.05, 0) is 45.0 Å². The molecule has 0 bridgehead atoms. The van der Waals surface area contributed by atoms with E-state index in [1.165, 1.54) is 31.1 Å². The molecule has 0 fully saturated rings. The zero-order valence-corrected chi connectivity index (χ0v) is 33.7. The molecule has 0 saturated heterocycles. The first kappa shape index (κ1) is 37.4. The van der Waals surface area contributed by atoms with Gasteiger partial charge in [0.15, 0.2) is 0 Å². The van der Waals surface area contributed by atoms with Crippen molar-refractivity contribution in [2.45, 2.75) is 20.3 Å². The molecule has 0 radical (unpaired) electrons. The van der Waals surface area contributed by atoms with E-state index in [-0.39, 0.29) is 13.1 Å². The van der Waals surface area contributed by atoms with E-state index in [0.717, 1.165) is 29.3 Å². The van der Waals surface area contributed by atoms with Crippen LogP contribution in [0.5, 0.6) is 0 Å². The van der Waals surface area contributed by atoms with E-state index in [2.05, 4.69) is 202 Å². The van der Waals surface area contributed by atoms with E-state index in [1.807, 2.05) is 0 Å². The number of halogens is 2. The van der Waals surface area contributed by atoms with Crippen LogP contribution in [0, 0.1) is 0 Å². The molecule has 260 valence electrons. The first-order valence-electron chi connectivity index (χ1n) is 17.1. The third kappa shape index (κ3) is 7.98. The van der Waals surface area contributed by atoms with Crippen molar-refractivity contribution in [2.24, 2.45) is 14.3 Å². The standard InChI is InChI=1S/C44H39N3Si2.2ClH.Fe/c1-35(46-48(37-21-9-3-10-22-37,38-23-11-4-12-24-38)39-25-13-5-14-26-39)43-33-34-44(45-43)36(2)47-49(40-27-15-6-16-28-40,41-29-17-7-18-30-41)42-31-19-8-20-32-42;;;/h3-33H,34H2,1-2H3;2*1H;/q;;;+2/p-2/b46-35+,47-36+;;;. The van der Waals surface area contributed by atoms with Crippen molar-refractivity contribution >= 4 is 84.9 Å².